The minimum Gasteiger partial charge on any atom is -0.446 e. The quantitative estimate of drug-likeness (QED) is 0.663. The van der Waals surface area contributed by atoms with Gasteiger partial charge in [0.2, 0.25) is 5.71 Å². The molecule has 0 saturated heterocycles. The van der Waals surface area contributed by atoms with Crippen LogP contribution in [0.2, 0.25) is 0 Å². The summed E-state index contributed by atoms with van der Waals surface area (Å²) in [5.74, 6) is -0.148. The molecule has 13 heavy (non-hydrogen) atoms. The summed E-state index contributed by atoms with van der Waals surface area (Å²) in [4.78, 5) is 4.04. The van der Waals surface area contributed by atoms with Gasteiger partial charge in [-0.2, -0.15) is 5.26 Å². The van der Waals surface area contributed by atoms with Crippen LogP contribution >= 0.6 is 0 Å². The number of nitriles is 1. The molecule has 0 radical (unpaired) electrons. The average molecular weight is 172 g/mol. The number of pyridine rings is 1. The lowest BCUT2D eigenvalue weighted by atomic mass is 10.0. The lowest BCUT2D eigenvalue weighted by Gasteiger charge is -1.96. The first-order valence-electron chi connectivity index (χ1n) is 4.04. The van der Waals surface area contributed by atoms with Crippen LogP contribution in [0.3, 0.4) is 0 Å². The Kier molecular flexibility index (Phi) is 1.75. The third kappa shape index (κ3) is 1.17. The van der Waals surface area contributed by atoms with E-state index in [1.807, 2.05) is 19.1 Å². The third-order valence-corrected chi connectivity index (χ3v) is 2.04. The summed E-state index contributed by atoms with van der Waals surface area (Å²) in [7, 11) is 0. The summed E-state index contributed by atoms with van der Waals surface area (Å²) in [5, 5.41) is 9.68. The molecule has 0 aliphatic carbocycles. The van der Waals surface area contributed by atoms with Crippen molar-refractivity contribution in [1.82, 2.24) is 4.98 Å². The summed E-state index contributed by atoms with van der Waals surface area (Å²) < 4.78 is 5.21. The molecule has 64 valence electrons. The van der Waals surface area contributed by atoms with Crippen LogP contribution in [0.4, 0.5) is 0 Å². The molecule has 3 heteroatoms. The topological polar surface area (TPSA) is 49.8 Å². The zero-order chi connectivity index (χ0) is 9.26. The molecule has 2 heterocycles. The Bertz CT molecular complexity index is 467. The molecule has 2 aromatic rings. The minimum atomic E-state index is -0.148. The second kappa shape index (κ2) is 2.91. The fourth-order valence-electron chi connectivity index (χ4n) is 1.29. The molecule has 2 aromatic heterocycles. The summed E-state index contributed by atoms with van der Waals surface area (Å²) >= 11 is 0. The second-order valence-corrected chi connectivity index (χ2v) is 2.90. The van der Waals surface area contributed by atoms with Crippen molar-refractivity contribution in [3.8, 4) is 6.07 Å². The number of hydrogen-bond donors (Lipinski definition) is 0. The fourth-order valence-corrected chi connectivity index (χ4v) is 1.29. The molecule has 0 aliphatic rings. The molecule has 2 rings (SSSR count). The van der Waals surface area contributed by atoms with Gasteiger partial charge in [0.05, 0.1) is 18.3 Å². The maximum absolute atomic E-state index is 8.75. The van der Waals surface area contributed by atoms with Gasteiger partial charge in [0.1, 0.15) is 0 Å². The van der Waals surface area contributed by atoms with E-state index < -0.39 is 0 Å². The lowest BCUT2D eigenvalue weighted by Crippen LogP contribution is -1.86. The molecule has 0 fully saturated rings. The first kappa shape index (κ1) is 7.81. The Morgan fingerprint density at radius 3 is 3.23 bits per heavy atom. The summed E-state index contributed by atoms with van der Waals surface area (Å²) in [6.07, 6.45) is 3.28. The van der Waals surface area contributed by atoms with Gasteiger partial charge in [0.25, 0.3) is 0 Å². The molecule has 0 bridgehead atoms. The lowest BCUT2D eigenvalue weighted by molar-refractivity contribution is 0.597. The van der Waals surface area contributed by atoms with Gasteiger partial charge < -0.3 is 4.42 Å². The van der Waals surface area contributed by atoms with Crippen molar-refractivity contribution in [1.29, 1.82) is 5.26 Å². The maximum Gasteiger partial charge on any atom is 0.226 e. The van der Waals surface area contributed by atoms with Crippen molar-refractivity contribution < 1.29 is 4.42 Å². The summed E-state index contributed by atoms with van der Waals surface area (Å²) in [6, 6.07) is 5.92. The van der Waals surface area contributed by atoms with E-state index in [2.05, 4.69) is 11.1 Å². The van der Waals surface area contributed by atoms with Gasteiger partial charge in [-0.1, -0.05) is 0 Å². The van der Waals surface area contributed by atoms with Crippen molar-refractivity contribution >= 4 is 11.1 Å². The van der Waals surface area contributed by atoms with Crippen molar-refractivity contribution in [3.05, 3.63) is 30.2 Å². The molecule has 0 saturated carbocycles. The van der Waals surface area contributed by atoms with E-state index in [-0.39, 0.29) is 5.92 Å². The predicted octanol–water partition coefficient (Wildman–Crippen LogP) is 2.45. The normalized spacial score (nSPS) is 12.6. The maximum atomic E-state index is 8.75. The summed E-state index contributed by atoms with van der Waals surface area (Å²) in [6.45, 7) is 1.84. The minimum absolute atomic E-state index is 0.148. The van der Waals surface area contributed by atoms with Gasteiger partial charge in [0, 0.05) is 17.1 Å². The molecule has 1 atom stereocenters. The Balaban J connectivity index is 2.66. The standard InChI is InChI=1S/C10H8N2O/c1-7(5-11)9-6-13-10-8(9)3-2-4-12-10/h2-4,6-7H,1H3. The van der Waals surface area contributed by atoms with Crippen molar-refractivity contribution in [2.75, 3.05) is 0 Å². The highest BCUT2D eigenvalue weighted by atomic mass is 16.3. The van der Waals surface area contributed by atoms with Crippen LogP contribution in [0.25, 0.3) is 11.1 Å². The molecule has 3 nitrogen and oxygen atoms in total. The Labute approximate surface area is 75.6 Å². The van der Waals surface area contributed by atoms with Gasteiger partial charge in [-0.25, -0.2) is 4.98 Å². The summed E-state index contributed by atoms with van der Waals surface area (Å²) in [5.41, 5.74) is 1.50. The zero-order valence-electron chi connectivity index (χ0n) is 7.19. The van der Waals surface area contributed by atoms with E-state index in [1.54, 1.807) is 12.5 Å². The molecular formula is C10H8N2O. The predicted molar refractivity (Wildman–Crippen MR) is 48.0 cm³/mol. The van der Waals surface area contributed by atoms with E-state index in [1.165, 1.54) is 0 Å². The van der Waals surface area contributed by atoms with E-state index in [0.717, 1.165) is 10.9 Å². The Morgan fingerprint density at radius 2 is 2.46 bits per heavy atom. The van der Waals surface area contributed by atoms with Gasteiger partial charge in [-0.15, -0.1) is 0 Å². The number of nitrogens with zero attached hydrogens (tertiary/aromatic N) is 2. The SMILES string of the molecule is CC(C#N)c1coc2ncccc12. The monoisotopic (exact) mass is 172 g/mol. The van der Waals surface area contributed by atoms with Crippen LogP contribution in [0, 0.1) is 11.3 Å². The number of furan rings is 1. The van der Waals surface area contributed by atoms with E-state index >= 15 is 0 Å². The largest absolute Gasteiger partial charge is 0.446 e. The molecular weight excluding hydrogens is 164 g/mol. The second-order valence-electron chi connectivity index (χ2n) is 2.90. The number of rotatable bonds is 1. The van der Waals surface area contributed by atoms with E-state index in [9.17, 15) is 0 Å². The molecule has 0 amide bonds. The van der Waals surface area contributed by atoms with Crippen LogP contribution in [0.15, 0.2) is 29.0 Å². The molecule has 0 aliphatic heterocycles. The number of aromatic nitrogens is 1. The van der Waals surface area contributed by atoms with Gasteiger partial charge in [0.15, 0.2) is 0 Å². The van der Waals surface area contributed by atoms with E-state index in [4.69, 9.17) is 9.68 Å². The smallest absolute Gasteiger partial charge is 0.226 e. The van der Waals surface area contributed by atoms with Crippen molar-refractivity contribution in [3.63, 3.8) is 0 Å². The molecule has 1 unspecified atom stereocenters. The van der Waals surface area contributed by atoms with Crippen LogP contribution in [-0.2, 0) is 0 Å². The number of fused-ring (bicyclic) bond motifs is 1. The van der Waals surface area contributed by atoms with E-state index in [0.29, 0.717) is 5.71 Å². The van der Waals surface area contributed by atoms with Crippen LogP contribution in [0.1, 0.15) is 18.4 Å². The Hall–Kier alpha value is -1.82. The van der Waals surface area contributed by atoms with Crippen molar-refractivity contribution in [2.24, 2.45) is 0 Å². The highest BCUT2D eigenvalue weighted by Gasteiger charge is 2.11. The van der Waals surface area contributed by atoms with Gasteiger partial charge in [-0.05, 0) is 19.1 Å². The molecule has 0 N–H and O–H groups in total. The highest BCUT2D eigenvalue weighted by molar-refractivity contribution is 5.78. The average Bonchev–Trinajstić information content (AvgIpc) is 2.60. The molecule has 0 aromatic carbocycles. The first-order valence-corrected chi connectivity index (χ1v) is 4.04. The van der Waals surface area contributed by atoms with Crippen LogP contribution in [-0.4, -0.2) is 4.98 Å². The number of hydrogen-bond acceptors (Lipinski definition) is 3. The third-order valence-electron chi connectivity index (χ3n) is 2.04. The highest BCUT2D eigenvalue weighted by Crippen LogP contribution is 2.25. The van der Waals surface area contributed by atoms with Crippen LogP contribution < -0.4 is 0 Å². The fraction of sp³-hybridized carbons (Fsp3) is 0.200. The Morgan fingerprint density at radius 1 is 1.62 bits per heavy atom. The first-order chi connectivity index (χ1) is 6.33. The van der Waals surface area contributed by atoms with Crippen molar-refractivity contribution in [2.45, 2.75) is 12.8 Å². The van der Waals surface area contributed by atoms with Crippen LogP contribution in [0.5, 0.6) is 0 Å². The van der Waals surface area contributed by atoms with Gasteiger partial charge in [-0.3, -0.25) is 0 Å². The zero-order valence-corrected chi connectivity index (χ0v) is 7.19. The molecule has 0 spiro atoms. The van der Waals surface area contributed by atoms with Gasteiger partial charge >= 0.3 is 0 Å².